The quantitative estimate of drug-likeness (QED) is 0.778. The van der Waals surface area contributed by atoms with Gasteiger partial charge >= 0.3 is 5.97 Å². The highest BCUT2D eigenvalue weighted by Gasteiger charge is 2.20. The molecule has 2 N–H and O–H groups in total. The van der Waals surface area contributed by atoms with Gasteiger partial charge in [-0.2, -0.15) is 0 Å². The summed E-state index contributed by atoms with van der Waals surface area (Å²) in [6, 6.07) is 13.6. The Bertz CT molecular complexity index is 972. The zero-order valence-corrected chi connectivity index (χ0v) is 12.5. The van der Waals surface area contributed by atoms with Crippen molar-refractivity contribution in [1.29, 1.82) is 0 Å². The van der Waals surface area contributed by atoms with Gasteiger partial charge in [0, 0.05) is 22.7 Å². The Morgan fingerprint density at radius 1 is 1.09 bits per heavy atom. The molecule has 0 aliphatic carbocycles. The number of carbonyl (C=O) groups is 1. The van der Waals surface area contributed by atoms with Gasteiger partial charge in [0.1, 0.15) is 5.69 Å². The highest BCUT2D eigenvalue weighted by Crippen LogP contribution is 2.33. The number of carboxylic acid groups (broad SMARTS) is 1. The predicted molar refractivity (Wildman–Crippen MR) is 83.8 cm³/mol. The molecule has 0 fully saturated rings. The lowest BCUT2D eigenvalue weighted by atomic mass is 10.0. The van der Waals surface area contributed by atoms with Crippen molar-refractivity contribution in [2.45, 2.75) is 4.90 Å². The molecule has 0 spiro atoms. The third-order valence-electron chi connectivity index (χ3n) is 3.47. The first-order valence-corrected chi connectivity index (χ1v) is 8.41. The highest BCUT2D eigenvalue weighted by molar-refractivity contribution is 7.90. The van der Waals surface area contributed by atoms with E-state index in [0.717, 1.165) is 11.8 Å². The minimum atomic E-state index is -3.37. The number of aromatic nitrogens is 1. The van der Waals surface area contributed by atoms with Crippen molar-refractivity contribution in [3.63, 3.8) is 0 Å². The number of H-pyrrole nitrogens is 1. The van der Waals surface area contributed by atoms with Crippen LogP contribution in [0.25, 0.3) is 22.0 Å². The van der Waals surface area contributed by atoms with Crippen molar-refractivity contribution in [2.75, 3.05) is 6.26 Å². The molecule has 0 radical (unpaired) electrons. The minimum absolute atomic E-state index is 0.0480. The summed E-state index contributed by atoms with van der Waals surface area (Å²) in [6.07, 6.45) is 1.13. The fraction of sp³-hybridized carbons (Fsp3) is 0.0625. The van der Waals surface area contributed by atoms with Gasteiger partial charge in [-0.15, -0.1) is 0 Å². The standard InChI is InChI=1S/C16H13NO4S/c1-22(20,21)11-7-8-13-12(9-11)14(15(17-13)16(18)19)10-5-3-2-4-6-10/h2-9,17H,1H3,(H,18,19). The first kappa shape index (κ1) is 14.3. The van der Waals surface area contributed by atoms with Crippen LogP contribution in [0.4, 0.5) is 0 Å². The van der Waals surface area contributed by atoms with Crippen LogP contribution in [0.5, 0.6) is 0 Å². The van der Waals surface area contributed by atoms with Crippen LogP contribution in [0, 0.1) is 0 Å². The molecule has 3 aromatic rings. The normalized spacial score (nSPS) is 11.7. The lowest BCUT2D eigenvalue weighted by Crippen LogP contribution is -1.98. The fourth-order valence-corrected chi connectivity index (χ4v) is 3.11. The molecule has 5 nitrogen and oxygen atoms in total. The first-order chi connectivity index (χ1) is 10.4. The Hall–Kier alpha value is -2.60. The van der Waals surface area contributed by atoms with E-state index < -0.39 is 15.8 Å². The Kier molecular flexibility index (Phi) is 3.26. The number of rotatable bonds is 3. The average Bonchev–Trinajstić information content (AvgIpc) is 2.86. The van der Waals surface area contributed by atoms with E-state index >= 15 is 0 Å². The zero-order chi connectivity index (χ0) is 15.9. The molecule has 22 heavy (non-hydrogen) atoms. The van der Waals surface area contributed by atoms with E-state index in [0.29, 0.717) is 16.5 Å². The number of nitrogens with one attached hydrogen (secondary N) is 1. The third kappa shape index (κ3) is 2.37. The van der Waals surface area contributed by atoms with Gasteiger partial charge in [-0.1, -0.05) is 30.3 Å². The molecule has 2 aromatic carbocycles. The third-order valence-corrected chi connectivity index (χ3v) is 4.58. The summed E-state index contributed by atoms with van der Waals surface area (Å²) in [6.45, 7) is 0. The summed E-state index contributed by atoms with van der Waals surface area (Å²) < 4.78 is 23.5. The summed E-state index contributed by atoms with van der Waals surface area (Å²) in [5, 5.41) is 9.98. The van der Waals surface area contributed by atoms with Crippen LogP contribution in [-0.2, 0) is 9.84 Å². The summed E-state index contributed by atoms with van der Waals surface area (Å²) in [4.78, 5) is 14.5. The second-order valence-electron chi connectivity index (χ2n) is 5.03. The number of hydrogen-bond donors (Lipinski definition) is 2. The molecule has 0 bridgehead atoms. The van der Waals surface area contributed by atoms with Crippen LogP contribution in [0.2, 0.25) is 0 Å². The van der Waals surface area contributed by atoms with Crippen LogP contribution < -0.4 is 0 Å². The van der Waals surface area contributed by atoms with Crippen LogP contribution in [0.3, 0.4) is 0 Å². The van der Waals surface area contributed by atoms with Crippen molar-refractivity contribution in [3.05, 3.63) is 54.2 Å². The number of carboxylic acids is 1. The van der Waals surface area contributed by atoms with Crippen molar-refractivity contribution in [2.24, 2.45) is 0 Å². The number of sulfone groups is 1. The van der Waals surface area contributed by atoms with Crippen LogP contribution in [0.1, 0.15) is 10.5 Å². The molecule has 6 heteroatoms. The van der Waals surface area contributed by atoms with E-state index in [1.54, 1.807) is 30.3 Å². The van der Waals surface area contributed by atoms with E-state index in [2.05, 4.69) is 4.98 Å². The fourth-order valence-electron chi connectivity index (χ4n) is 2.47. The second kappa shape index (κ2) is 4.99. The maximum Gasteiger partial charge on any atom is 0.352 e. The summed E-state index contributed by atoms with van der Waals surface area (Å²) >= 11 is 0. The molecule has 0 saturated heterocycles. The van der Waals surface area contributed by atoms with E-state index in [1.165, 1.54) is 12.1 Å². The number of fused-ring (bicyclic) bond motifs is 1. The van der Waals surface area contributed by atoms with Crippen molar-refractivity contribution >= 4 is 26.7 Å². The molecule has 0 unspecified atom stereocenters. The molecule has 1 aromatic heterocycles. The van der Waals surface area contributed by atoms with Crippen molar-refractivity contribution in [3.8, 4) is 11.1 Å². The Morgan fingerprint density at radius 3 is 2.36 bits per heavy atom. The molecule has 0 saturated carbocycles. The number of aromatic amines is 1. The molecule has 0 aliphatic rings. The first-order valence-electron chi connectivity index (χ1n) is 6.52. The number of hydrogen-bond acceptors (Lipinski definition) is 3. The van der Waals surface area contributed by atoms with Gasteiger partial charge in [0.2, 0.25) is 0 Å². The zero-order valence-electron chi connectivity index (χ0n) is 11.7. The van der Waals surface area contributed by atoms with Gasteiger partial charge in [-0.25, -0.2) is 13.2 Å². The topological polar surface area (TPSA) is 87.2 Å². The summed E-state index contributed by atoms with van der Waals surface area (Å²) in [5.74, 6) is -1.09. The Morgan fingerprint density at radius 2 is 1.77 bits per heavy atom. The number of benzene rings is 2. The molecule has 3 rings (SSSR count). The monoisotopic (exact) mass is 315 g/mol. The molecule has 1 heterocycles. The van der Waals surface area contributed by atoms with Gasteiger partial charge in [0.05, 0.1) is 4.90 Å². The molecule has 0 atom stereocenters. The van der Waals surface area contributed by atoms with E-state index in [1.807, 2.05) is 6.07 Å². The van der Waals surface area contributed by atoms with Crippen molar-refractivity contribution < 1.29 is 18.3 Å². The largest absolute Gasteiger partial charge is 0.477 e. The summed E-state index contributed by atoms with van der Waals surface area (Å²) in [7, 11) is -3.37. The predicted octanol–water partition coefficient (Wildman–Crippen LogP) is 2.94. The maximum absolute atomic E-state index is 11.7. The lowest BCUT2D eigenvalue weighted by molar-refractivity contribution is 0.0692. The van der Waals surface area contributed by atoms with E-state index in [4.69, 9.17) is 0 Å². The van der Waals surface area contributed by atoms with Gasteiger partial charge in [0.15, 0.2) is 9.84 Å². The smallest absolute Gasteiger partial charge is 0.352 e. The molecular weight excluding hydrogens is 302 g/mol. The van der Waals surface area contributed by atoms with Gasteiger partial charge in [-0.3, -0.25) is 0 Å². The maximum atomic E-state index is 11.7. The molecular formula is C16H13NO4S. The molecule has 0 aliphatic heterocycles. The summed E-state index contributed by atoms with van der Waals surface area (Å²) in [5.41, 5.74) is 1.85. The van der Waals surface area contributed by atoms with Crippen LogP contribution >= 0.6 is 0 Å². The van der Waals surface area contributed by atoms with Gasteiger partial charge < -0.3 is 10.1 Å². The van der Waals surface area contributed by atoms with E-state index in [-0.39, 0.29) is 10.6 Å². The SMILES string of the molecule is CS(=O)(=O)c1ccc2[nH]c(C(=O)O)c(-c3ccccc3)c2c1. The molecule has 0 amide bonds. The Labute approximate surface area is 127 Å². The van der Waals surface area contributed by atoms with Gasteiger partial charge in [0.25, 0.3) is 0 Å². The minimum Gasteiger partial charge on any atom is -0.477 e. The molecule has 112 valence electrons. The second-order valence-corrected chi connectivity index (χ2v) is 7.04. The van der Waals surface area contributed by atoms with E-state index in [9.17, 15) is 18.3 Å². The van der Waals surface area contributed by atoms with Crippen LogP contribution in [0.15, 0.2) is 53.4 Å². The average molecular weight is 315 g/mol. The van der Waals surface area contributed by atoms with Crippen molar-refractivity contribution in [1.82, 2.24) is 4.98 Å². The Balaban J connectivity index is 2.40. The lowest BCUT2D eigenvalue weighted by Gasteiger charge is -2.03. The van der Waals surface area contributed by atoms with Crippen LogP contribution in [-0.4, -0.2) is 30.7 Å². The highest BCUT2D eigenvalue weighted by atomic mass is 32.2. The van der Waals surface area contributed by atoms with Gasteiger partial charge in [-0.05, 0) is 23.8 Å². The number of aromatic carboxylic acids is 1.